The number of para-hydroxylation sites is 1. The Labute approximate surface area is 165 Å². The van der Waals surface area contributed by atoms with Crippen molar-refractivity contribution in [3.63, 3.8) is 0 Å². The molecule has 8 heteroatoms. The van der Waals surface area contributed by atoms with E-state index in [4.69, 9.17) is 16.3 Å². The average Bonchev–Trinajstić information content (AvgIpc) is 3.08. The van der Waals surface area contributed by atoms with Crippen molar-refractivity contribution >= 4 is 40.3 Å². The van der Waals surface area contributed by atoms with Gasteiger partial charge in [-0.2, -0.15) is 0 Å². The smallest absolute Gasteiger partial charge is 0.326 e. The monoisotopic (exact) mass is 400 g/mol. The summed E-state index contributed by atoms with van der Waals surface area (Å²) in [5.74, 6) is -1.79. The minimum absolute atomic E-state index is 0.0718. The number of fused-ring (bicyclic) bond motifs is 1. The first-order chi connectivity index (χ1) is 13.3. The minimum Gasteiger partial charge on any atom is -0.480 e. The molecule has 0 fully saturated rings. The topological polar surface area (TPSA) is 108 Å². The maximum atomic E-state index is 12.5. The Hall–Kier alpha value is -3.32. The van der Waals surface area contributed by atoms with Gasteiger partial charge in [-0.3, -0.25) is 9.59 Å². The van der Waals surface area contributed by atoms with Crippen molar-refractivity contribution in [2.75, 3.05) is 0 Å². The van der Waals surface area contributed by atoms with Crippen molar-refractivity contribution in [2.45, 2.75) is 19.4 Å². The highest BCUT2D eigenvalue weighted by atomic mass is 35.5. The fourth-order valence-corrected chi connectivity index (χ4v) is 3.00. The molecule has 0 bridgehead atoms. The van der Waals surface area contributed by atoms with Crippen molar-refractivity contribution in [3.8, 4) is 5.75 Å². The SMILES string of the molecule is CC(=O)Oc1ccc(CC(NC(=O)c2cc3cccc(Cl)c3[nH]2)C(=O)O)cc1. The Bertz CT molecular complexity index is 1040. The molecule has 0 radical (unpaired) electrons. The van der Waals surface area contributed by atoms with E-state index in [1.54, 1.807) is 48.5 Å². The van der Waals surface area contributed by atoms with Crippen LogP contribution in [0.15, 0.2) is 48.5 Å². The number of nitrogens with one attached hydrogen (secondary N) is 2. The van der Waals surface area contributed by atoms with Gasteiger partial charge in [-0.05, 0) is 29.8 Å². The Kier molecular flexibility index (Phi) is 5.65. The van der Waals surface area contributed by atoms with E-state index in [2.05, 4.69) is 10.3 Å². The third kappa shape index (κ3) is 4.50. The van der Waals surface area contributed by atoms with E-state index >= 15 is 0 Å². The molecule has 7 nitrogen and oxygen atoms in total. The van der Waals surface area contributed by atoms with E-state index in [0.717, 1.165) is 5.39 Å². The number of amides is 1. The lowest BCUT2D eigenvalue weighted by atomic mass is 10.1. The van der Waals surface area contributed by atoms with E-state index in [-0.39, 0.29) is 12.1 Å². The summed E-state index contributed by atoms with van der Waals surface area (Å²) in [5.41, 5.74) is 1.50. The molecule has 3 rings (SSSR count). The first-order valence-electron chi connectivity index (χ1n) is 8.42. The molecule has 0 aliphatic heterocycles. The number of carboxylic acid groups (broad SMARTS) is 1. The van der Waals surface area contributed by atoms with Crippen molar-refractivity contribution in [2.24, 2.45) is 0 Å². The molecule has 1 unspecified atom stereocenters. The largest absolute Gasteiger partial charge is 0.480 e. The number of aromatic amines is 1. The zero-order valence-electron chi connectivity index (χ0n) is 14.9. The van der Waals surface area contributed by atoms with Gasteiger partial charge in [-0.15, -0.1) is 0 Å². The molecule has 2 aromatic carbocycles. The molecule has 1 amide bonds. The van der Waals surface area contributed by atoms with Crippen LogP contribution >= 0.6 is 11.6 Å². The van der Waals surface area contributed by atoms with Gasteiger partial charge in [0.2, 0.25) is 0 Å². The highest BCUT2D eigenvalue weighted by Crippen LogP contribution is 2.23. The number of benzene rings is 2. The van der Waals surface area contributed by atoms with Gasteiger partial charge >= 0.3 is 11.9 Å². The van der Waals surface area contributed by atoms with Gasteiger partial charge in [0, 0.05) is 18.7 Å². The summed E-state index contributed by atoms with van der Waals surface area (Å²) < 4.78 is 4.94. The zero-order valence-corrected chi connectivity index (χ0v) is 15.6. The van der Waals surface area contributed by atoms with E-state index in [9.17, 15) is 19.5 Å². The second-order valence-corrected chi connectivity index (χ2v) is 6.60. The number of carboxylic acids is 1. The number of esters is 1. The van der Waals surface area contributed by atoms with Gasteiger partial charge in [0.05, 0.1) is 10.5 Å². The fraction of sp³-hybridized carbons (Fsp3) is 0.150. The van der Waals surface area contributed by atoms with Crippen LogP contribution in [0.2, 0.25) is 5.02 Å². The molecule has 1 aromatic heterocycles. The number of ether oxygens (including phenoxy) is 1. The number of H-pyrrole nitrogens is 1. The Balaban J connectivity index is 1.73. The number of aliphatic carboxylic acids is 1. The van der Waals surface area contributed by atoms with Gasteiger partial charge in [0.25, 0.3) is 5.91 Å². The second-order valence-electron chi connectivity index (χ2n) is 6.19. The van der Waals surface area contributed by atoms with Crippen LogP contribution in [0.3, 0.4) is 0 Å². The van der Waals surface area contributed by atoms with Crippen LogP contribution < -0.4 is 10.1 Å². The lowest BCUT2D eigenvalue weighted by Gasteiger charge is -2.14. The first-order valence-corrected chi connectivity index (χ1v) is 8.79. The van der Waals surface area contributed by atoms with Crippen LogP contribution in [0.5, 0.6) is 5.75 Å². The van der Waals surface area contributed by atoms with Gasteiger partial charge in [-0.25, -0.2) is 4.79 Å². The molecule has 3 N–H and O–H groups in total. The summed E-state index contributed by atoms with van der Waals surface area (Å²) in [6.45, 7) is 1.29. The maximum Gasteiger partial charge on any atom is 0.326 e. The number of hydrogen-bond donors (Lipinski definition) is 3. The van der Waals surface area contributed by atoms with Gasteiger partial charge in [0.15, 0.2) is 0 Å². The average molecular weight is 401 g/mol. The molecule has 1 atom stereocenters. The molecule has 0 saturated carbocycles. The molecule has 0 aliphatic carbocycles. The van der Waals surface area contributed by atoms with Crippen LogP contribution in [0.25, 0.3) is 10.9 Å². The molecule has 28 heavy (non-hydrogen) atoms. The van der Waals surface area contributed by atoms with Crippen molar-refractivity contribution in [1.29, 1.82) is 0 Å². The van der Waals surface area contributed by atoms with E-state index in [0.29, 0.717) is 21.9 Å². The predicted octanol–water partition coefficient (Wildman–Crippen LogP) is 3.17. The zero-order chi connectivity index (χ0) is 20.3. The highest BCUT2D eigenvalue weighted by molar-refractivity contribution is 6.35. The van der Waals surface area contributed by atoms with Crippen LogP contribution in [-0.2, 0) is 16.0 Å². The number of carbonyl (C=O) groups excluding carboxylic acids is 2. The molecule has 144 valence electrons. The Morgan fingerprint density at radius 1 is 1.18 bits per heavy atom. The van der Waals surface area contributed by atoms with Crippen LogP contribution in [0, 0.1) is 0 Å². The van der Waals surface area contributed by atoms with Crippen LogP contribution in [0.4, 0.5) is 0 Å². The Morgan fingerprint density at radius 3 is 2.50 bits per heavy atom. The van der Waals surface area contributed by atoms with Crippen molar-refractivity contribution < 1.29 is 24.2 Å². The molecule has 0 spiro atoms. The summed E-state index contributed by atoms with van der Waals surface area (Å²) in [6.07, 6.45) is 0.0718. The highest BCUT2D eigenvalue weighted by Gasteiger charge is 2.22. The van der Waals surface area contributed by atoms with E-state index in [1.807, 2.05) is 0 Å². The lowest BCUT2D eigenvalue weighted by molar-refractivity contribution is -0.139. The molecular formula is C20H17ClN2O5. The number of carbonyl (C=O) groups is 3. The van der Waals surface area contributed by atoms with E-state index in [1.165, 1.54) is 6.92 Å². The standard InChI is InChI=1S/C20H17ClN2O5/c1-11(24)28-14-7-5-12(6-8-14)9-17(20(26)27)23-19(25)16-10-13-3-2-4-15(21)18(13)22-16/h2-8,10,17,22H,9H2,1H3,(H,23,25)(H,26,27). The normalized spacial score (nSPS) is 11.8. The number of aromatic nitrogens is 1. The molecule has 1 heterocycles. The van der Waals surface area contributed by atoms with Crippen molar-refractivity contribution in [1.82, 2.24) is 10.3 Å². The van der Waals surface area contributed by atoms with Gasteiger partial charge in [0.1, 0.15) is 17.5 Å². The van der Waals surface area contributed by atoms with Gasteiger partial charge < -0.3 is 20.1 Å². The van der Waals surface area contributed by atoms with Crippen LogP contribution in [0.1, 0.15) is 23.0 Å². The second kappa shape index (κ2) is 8.14. The summed E-state index contributed by atoms with van der Waals surface area (Å²) in [6, 6.07) is 12.2. The summed E-state index contributed by atoms with van der Waals surface area (Å²) >= 11 is 6.09. The first kappa shape index (κ1) is 19.4. The number of halogens is 1. The molecule has 3 aromatic rings. The quantitative estimate of drug-likeness (QED) is 0.435. The predicted molar refractivity (Wildman–Crippen MR) is 104 cm³/mol. The summed E-state index contributed by atoms with van der Waals surface area (Å²) in [5, 5.41) is 13.2. The fourth-order valence-electron chi connectivity index (χ4n) is 2.77. The third-order valence-electron chi connectivity index (χ3n) is 4.08. The third-order valence-corrected chi connectivity index (χ3v) is 4.39. The molecular weight excluding hydrogens is 384 g/mol. The van der Waals surface area contributed by atoms with Gasteiger partial charge in [-0.1, -0.05) is 35.9 Å². The number of rotatable bonds is 6. The maximum absolute atomic E-state index is 12.5. The number of hydrogen-bond acceptors (Lipinski definition) is 4. The van der Waals surface area contributed by atoms with E-state index < -0.39 is 23.9 Å². The Morgan fingerprint density at radius 2 is 1.89 bits per heavy atom. The molecule has 0 aliphatic rings. The van der Waals surface area contributed by atoms with Crippen LogP contribution in [-0.4, -0.2) is 34.0 Å². The summed E-state index contributed by atoms with van der Waals surface area (Å²) in [4.78, 5) is 38.0. The minimum atomic E-state index is -1.16. The summed E-state index contributed by atoms with van der Waals surface area (Å²) in [7, 11) is 0. The van der Waals surface area contributed by atoms with Crippen molar-refractivity contribution in [3.05, 3.63) is 64.8 Å². The molecule has 0 saturated heterocycles. The lowest BCUT2D eigenvalue weighted by Crippen LogP contribution is -2.42.